The van der Waals surface area contributed by atoms with Crippen molar-refractivity contribution in [3.8, 4) is 11.5 Å². The monoisotopic (exact) mass is 519 g/mol. The average molecular weight is 520 g/mol. The highest BCUT2D eigenvalue weighted by Gasteiger charge is 2.25. The standard InChI is InChI=1S/C25H37N5O5S/c1-33-22-17-20-21(18-23(22)35-12-4-9-29-7-2-3-8-29)27-25(30-10-15-36(31,32)16-11-30)28-24(20)26-19-5-13-34-14-6-19/h17-19H,2-16H2,1H3,(H,26,27,28). The number of aromatic nitrogens is 2. The number of ether oxygens (including phenoxy) is 3. The van der Waals surface area contributed by atoms with E-state index in [0.29, 0.717) is 37.1 Å². The molecule has 0 bridgehead atoms. The Morgan fingerprint density at radius 1 is 1.06 bits per heavy atom. The Balaban J connectivity index is 1.41. The van der Waals surface area contributed by atoms with Crippen molar-refractivity contribution < 1.29 is 22.6 Å². The molecule has 3 aliphatic rings. The van der Waals surface area contributed by atoms with E-state index in [9.17, 15) is 8.42 Å². The largest absolute Gasteiger partial charge is 0.493 e. The number of methoxy groups -OCH3 is 1. The molecule has 0 saturated carbocycles. The zero-order valence-electron chi connectivity index (χ0n) is 21.1. The van der Waals surface area contributed by atoms with Crippen LogP contribution in [0.15, 0.2) is 12.1 Å². The minimum Gasteiger partial charge on any atom is -0.493 e. The number of fused-ring (bicyclic) bond motifs is 1. The number of likely N-dealkylation sites (tertiary alicyclic amines) is 1. The van der Waals surface area contributed by atoms with E-state index in [0.717, 1.165) is 55.7 Å². The van der Waals surface area contributed by atoms with Gasteiger partial charge in [-0.3, -0.25) is 0 Å². The summed E-state index contributed by atoms with van der Waals surface area (Å²) in [4.78, 5) is 14.1. The van der Waals surface area contributed by atoms with Gasteiger partial charge in [-0.05, 0) is 51.3 Å². The molecule has 1 N–H and O–H groups in total. The van der Waals surface area contributed by atoms with E-state index in [1.54, 1.807) is 7.11 Å². The number of benzene rings is 1. The molecule has 5 rings (SSSR count). The van der Waals surface area contributed by atoms with Crippen LogP contribution >= 0.6 is 0 Å². The van der Waals surface area contributed by atoms with Gasteiger partial charge in [0.2, 0.25) is 5.95 Å². The Kier molecular flexibility index (Phi) is 7.97. The predicted molar refractivity (Wildman–Crippen MR) is 140 cm³/mol. The van der Waals surface area contributed by atoms with Crippen LogP contribution in [0.2, 0.25) is 0 Å². The first-order valence-corrected chi connectivity index (χ1v) is 14.9. The number of anilines is 2. The molecule has 1 aromatic heterocycles. The van der Waals surface area contributed by atoms with Crippen LogP contribution in [-0.2, 0) is 14.6 Å². The number of hydrogen-bond donors (Lipinski definition) is 1. The predicted octanol–water partition coefficient (Wildman–Crippen LogP) is 2.33. The molecule has 198 valence electrons. The van der Waals surface area contributed by atoms with Gasteiger partial charge >= 0.3 is 0 Å². The summed E-state index contributed by atoms with van der Waals surface area (Å²) in [6.07, 6.45) is 5.33. The fraction of sp³-hybridized carbons (Fsp3) is 0.680. The molecule has 10 nitrogen and oxygen atoms in total. The fourth-order valence-electron chi connectivity index (χ4n) is 5.07. The van der Waals surface area contributed by atoms with Crippen molar-refractivity contribution in [1.29, 1.82) is 0 Å². The molecule has 0 atom stereocenters. The topological polar surface area (TPSA) is 106 Å². The van der Waals surface area contributed by atoms with Gasteiger partial charge in [-0.1, -0.05) is 0 Å². The van der Waals surface area contributed by atoms with Gasteiger partial charge in [-0.2, -0.15) is 4.98 Å². The molecule has 36 heavy (non-hydrogen) atoms. The highest BCUT2D eigenvalue weighted by molar-refractivity contribution is 7.91. The normalized spacial score (nSPS) is 21.1. The first kappa shape index (κ1) is 25.3. The van der Waals surface area contributed by atoms with Gasteiger partial charge in [-0.15, -0.1) is 0 Å². The molecule has 2 aromatic rings. The summed E-state index contributed by atoms with van der Waals surface area (Å²) in [7, 11) is -1.35. The van der Waals surface area contributed by atoms with E-state index in [2.05, 4.69) is 10.2 Å². The Hall–Kier alpha value is -2.37. The third-order valence-corrected chi connectivity index (χ3v) is 8.84. The number of hydrogen-bond acceptors (Lipinski definition) is 10. The SMILES string of the molecule is COc1cc2c(NC3CCOCC3)nc(N3CCS(=O)(=O)CC3)nc2cc1OCCCN1CCCC1. The number of nitrogens with one attached hydrogen (secondary N) is 1. The lowest BCUT2D eigenvalue weighted by Gasteiger charge is -2.28. The summed E-state index contributed by atoms with van der Waals surface area (Å²) < 4.78 is 41.3. The number of nitrogens with zero attached hydrogens (tertiary/aromatic N) is 4. The number of rotatable bonds is 9. The zero-order valence-corrected chi connectivity index (χ0v) is 21.9. The van der Waals surface area contributed by atoms with E-state index in [4.69, 9.17) is 24.2 Å². The van der Waals surface area contributed by atoms with E-state index in [-0.39, 0.29) is 17.5 Å². The Labute approximate surface area is 213 Å². The smallest absolute Gasteiger partial charge is 0.227 e. The van der Waals surface area contributed by atoms with Crippen molar-refractivity contribution in [3.63, 3.8) is 0 Å². The van der Waals surface area contributed by atoms with Gasteiger partial charge in [0, 0.05) is 50.3 Å². The zero-order chi connectivity index (χ0) is 25.0. The van der Waals surface area contributed by atoms with Crippen LogP contribution in [0.3, 0.4) is 0 Å². The molecule has 0 radical (unpaired) electrons. The van der Waals surface area contributed by atoms with Crippen molar-refractivity contribution in [2.24, 2.45) is 0 Å². The van der Waals surface area contributed by atoms with Crippen molar-refractivity contribution in [1.82, 2.24) is 14.9 Å². The highest BCUT2D eigenvalue weighted by Crippen LogP contribution is 2.36. The van der Waals surface area contributed by atoms with Crippen LogP contribution < -0.4 is 19.7 Å². The molecule has 3 aliphatic heterocycles. The maximum Gasteiger partial charge on any atom is 0.227 e. The molecular formula is C25H37N5O5S. The molecule has 3 saturated heterocycles. The van der Waals surface area contributed by atoms with Crippen LogP contribution in [-0.4, -0.2) is 100 Å². The summed E-state index contributed by atoms with van der Waals surface area (Å²) in [5.41, 5.74) is 0.748. The summed E-state index contributed by atoms with van der Waals surface area (Å²) in [6.45, 7) is 6.22. The molecule has 3 fully saturated rings. The van der Waals surface area contributed by atoms with Crippen LogP contribution in [0.5, 0.6) is 11.5 Å². The fourth-order valence-corrected chi connectivity index (χ4v) is 6.27. The summed E-state index contributed by atoms with van der Waals surface area (Å²) in [5, 5.41) is 4.45. The van der Waals surface area contributed by atoms with E-state index < -0.39 is 9.84 Å². The maximum absolute atomic E-state index is 12.0. The second kappa shape index (κ2) is 11.4. The van der Waals surface area contributed by atoms with E-state index in [1.165, 1.54) is 25.9 Å². The van der Waals surface area contributed by atoms with Gasteiger partial charge in [-0.25, -0.2) is 13.4 Å². The molecule has 4 heterocycles. The van der Waals surface area contributed by atoms with Crippen molar-refractivity contribution in [2.45, 2.75) is 38.1 Å². The third kappa shape index (κ3) is 6.12. The molecule has 0 aliphatic carbocycles. The molecule has 1 aromatic carbocycles. The average Bonchev–Trinajstić information content (AvgIpc) is 3.40. The molecule has 0 unspecified atom stereocenters. The maximum atomic E-state index is 12.0. The van der Waals surface area contributed by atoms with Gasteiger partial charge in [0.1, 0.15) is 5.82 Å². The second-order valence-electron chi connectivity index (χ2n) is 9.81. The van der Waals surface area contributed by atoms with Crippen molar-refractivity contribution in [3.05, 3.63) is 12.1 Å². The minimum absolute atomic E-state index is 0.116. The van der Waals surface area contributed by atoms with Gasteiger partial charge in [0.15, 0.2) is 21.3 Å². The van der Waals surface area contributed by atoms with Crippen LogP contribution in [0, 0.1) is 0 Å². The van der Waals surface area contributed by atoms with Crippen LogP contribution in [0.4, 0.5) is 11.8 Å². The molecule has 0 amide bonds. The summed E-state index contributed by atoms with van der Waals surface area (Å²) >= 11 is 0. The van der Waals surface area contributed by atoms with Gasteiger partial charge < -0.3 is 29.3 Å². The second-order valence-corrected chi connectivity index (χ2v) is 12.1. The van der Waals surface area contributed by atoms with E-state index in [1.807, 2.05) is 17.0 Å². The molecule has 11 heteroatoms. The highest BCUT2D eigenvalue weighted by atomic mass is 32.2. The third-order valence-electron chi connectivity index (χ3n) is 7.23. The van der Waals surface area contributed by atoms with Crippen molar-refractivity contribution >= 4 is 32.5 Å². The van der Waals surface area contributed by atoms with Crippen LogP contribution in [0.25, 0.3) is 10.9 Å². The lowest BCUT2D eigenvalue weighted by atomic mass is 10.1. The number of sulfone groups is 1. The lowest BCUT2D eigenvalue weighted by molar-refractivity contribution is 0.0904. The van der Waals surface area contributed by atoms with E-state index >= 15 is 0 Å². The molecule has 0 spiro atoms. The lowest BCUT2D eigenvalue weighted by Crippen LogP contribution is -2.41. The Bertz CT molecular complexity index is 1140. The summed E-state index contributed by atoms with van der Waals surface area (Å²) in [6, 6.07) is 4.11. The first-order chi connectivity index (χ1) is 17.5. The van der Waals surface area contributed by atoms with Crippen molar-refractivity contribution in [2.75, 3.05) is 81.4 Å². The minimum atomic E-state index is -3.00. The van der Waals surface area contributed by atoms with Gasteiger partial charge in [0.05, 0.1) is 30.7 Å². The summed E-state index contributed by atoms with van der Waals surface area (Å²) in [5.74, 6) is 2.82. The Morgan fingerprint density at radius 3 is 2.53 bits per heavy atom. The Morgan fingerprint density at radius 2 is 1.81 bits per heavy atom. The van der Waals surface area contributed by atoms with Gasteiger partial charge in [0.25, 0.3) is 0 Å². The molecular weight excluding hydrogens is 482 g/mol. The van der Waals surface area contributed by atoms with Crippen LogP contribution in [0.1, 0.15) is 32.1 Å². The first-order valence-electron chi connectivity index (χ1n) is 13.1. The quantitative estimate of drug-likeness (QED) is 0.496.